The Kier molecular flexibility index (Phi) is 3.79. The van der Waals surface area contributed by atoms with Crippen molar-refractivity contribution < 1.29 is 4.79 Å². The molecule has 1 aliphatic heterocycles. The van der Waals surface area contributed by atoms with Crippen molar-refractivity contribution in [3.05, 3.63) is 35.4 Å². The molecule has 0 aromatic heterocycles. The number of aryl methyl sites for hydroxylation is 1. The molecule has 1 aliphatic rings. The quantitative estimate of drug-likeness (QED) is 0.839. The first kappa shape index (κ1) is 12.1. The molecule has 17 heavy (non-hydrogen) atoms. The molecule has 0 radical (unpaired) electrons. The van der Waals surface area contributed by atoms with E-state index in [-0.39, 0.29) is 11.8 Å². The largest absolute Gasteiger partial charge is 0.337 e. The molecule has 1 unspecified atom stereocenters. The van der Waals surface area contributed by atoms with Crippen LogP contribution >= 0.6 is 0 Å². The Bertz CT molecular complexity index is 403. The summed E-state index contributed by atoms with van der Waals surface area (Å²) in [6.07, 6.45) is 0. The van der Waals surface area contributed by atoms with E-state index in [9.17, 15) is 4.79 Å². The van der Waals surface area contributed by atoms with E-state index in [1.54, 1.807) is 0 Å². The van der Waals surface area contributed by atoms with Gasteiger partial charge in [-0.25, -0.2) is 0 Å². The first-order chi connectivity index (χ1) is 8.18. The number of benzene rings is 1. The summed E-state index contributed by atoms with van der Waals surface area (Å²) >= 11 is 0. The highest BCUT2D eigenvalue weighted by atomic mass is 16.2. The Morgan fingerprint density at radius 2 is 2.18 bits per heavy atom. The summed E-state index contributed by atoms with van der Waals surface area (Å²) in [4.78, 5) is 14.1. The number of hydrogen-bond donors (Lipinski definition) is 1. The normalized spacial score (nSPS) is 21.4. The van der Waals surface area contributed by atoms with Gasteiger partial charge in [0.05, 0.1) is 0 Å². The molecule has 1 N–H and O–H groups in total. The lowest BCUT2D eigenvalue weighted by Crippen LogP contribution is -2.35. The van der Waals surface area contributed by atoms with Gasteiger partial charge in [-0.2, -0.15) is 0 Å². The standard InChI is InChI=1S/C14H20N2O/c1-11-5-3-4-6-13(11)10-16-8-7-15-9-12(2)14(16)17/h3-6,12,15H,7-10H2,1-2H3. The van der Waals surface area contributed by atoms with Crippen LogP contribution in [-0.4, -0.2) is 30.4 Å². The second kappa shape index (κ2) is 5.32. The highest BCUT2D eigenvalue weighted by Gasteiger charge is 2.23. The maximum atomic E-state index is 12.1. The third kappa shape index (κ3) is 2.86. The summed E-state index contributed by atoms with van der Waals surface area (Å²) in [6.45, 7) is 7.31. The zero-order chi connectivity index (χ0) is 12.3. The molecule has 1 amide bonds. The van der Waals surface area contributed by atoms with Gasteiger partial charge in [-0.1, -0.05) is 31.2 Å². The Labute approximate surface area is 103 Å². The summed E-state index contributed by atoms with van der Waals surface area (Å²) in [5.74, 6) is 0.347. The smallest absolute Gasteiger partial charge is 0.227 e. The van der Waals surface area contributed by atoms with Crippen molar-refractivity contribution in [1.82, 2.24) is 10.2 Å². The molecule has 92 valence electrons. The van der Waals surface area contributed by atoms with Crippen molar-refractivity contribution in [2.24, 2.45) is 5.92 Å². The van der Waals surface area contributed by atoms with Crippen molar-refractivity contribution in [3.8, 4) is 0 Å². The first-order valence-electron chi connectivity index (χ1n) is 6.22. The van der Waals surface area contributed by atoms with Crippen LogP contribution in [0.15, 0.2) is 24.3 Å². The predicted molar refractivity (Wildman–Crippen MR) is 68.6 cm³/mol. The Morgan fingerprint density at radius 1 is 1.41 bits per heavy atom. The maximum absolute atomic E-state index is 12.1. The van der Waals surface area contributed by atoms with Crippen LogP contribution in [0.4, 0.5) is 0 Å². The lowest BCUT2D eigenvalue weighted by atomic mass is 10.1. The molecule has 0 bridgehead atoms. The van der Waals surface area contributed by atoms with Crippen LogP contribution in [0, 0.1) is 12.8 Å². The van der Waals surface area contributed by atoms with Crippen LogP contribution in [0.1, 0.15) is 18.1 Å². The topological polar surface area (TPSA) is 32.3 Å². The summed E-state index contributed by atoms with van der Waals surface area (Å²) < 4.78 is 0. The molecular formula is C14H20N2O. The SMILES string of the molecule is Cc1ccccc1CN1CCNCC(C)C1=O. The summed E-state index contributed by atoms with van der Waals surface area (Å²) in [6, 6.07) is 8.27. The van der Waals surface area contributed by atoms with E-state index < -0.39 is 0 Å². The molecule has 1 aromatic carbocycles. The molecule has 1 atom stereocenters. The summed E-state index contributed by atoms with van der Waals surface area (Å²) in [5, 5.41) is 3.30. The lowest BCUT2D eigenvalue weighted by Gasteiger charge is -2.23. The predicted octanol–water partition coefficient (Wildman–Crippen LogP) is 1.56. The van der Waals surface area contributed by atoms with E-state index in [2.05, 4.69) is 24.4 Å². The summed E-state index contributed by atoms with van der Waals surface area (Å²) in [7, 11) is 0. The van der Waals surface area contributed by atoms with Gasteiger partial charge in [-0.3, -0.25) is 4.79 Å². The molecule has 1 saturated heterocycles. The average molecular weight is 232 g/mol. The van der Waals surface area contributed by atoms with E-state index in [4.69, 9.17) is 0 Å². The molecule has 0 saturated carbocycles. The van der Waals surface area contributed by atoms with E-state index in [0.29, 0.717) is 0 Å². The van der Waals surface area contributed by atoms with Gasteiger partial charge in [-0.05, 0) is 18.1 Å². The Hall–Kier alpha value is -1.35. The fraction of sp³-hybridized carbons (Fsp3) is 0.500. The number of nitrogens with one attached hydrogen (secondary N) is 1. The Morgan fingerprint density at radius 3 is 2.94 bits per heavy atom. The molecule has 3 heteroatoms. The minimum Gasteiger partial charge on any atom is -0.337 e. The van der Waals surface area contributed by atoms with Gasteiger partial charge in [0, 0.05) is 32.1 Å². The van der Waals surface area contributed by atoms with Gasteiger partial charge < -0.3 is 10.2 Å². The molecule has 1 heterocycles. The highest BCUT2D eigenvalue weighted by molar-refractivity contribution is 5.79. The number of carbonyl (C=O) groups excluding carboxylic acids is 1. The monoisotopic (exact) mass is 232 g/mol. The molecular weight excluding hydrogens is 212 g/mol. The molecule has 2 rings (SSSR count). The lowest BCUT2D eigenvalue weighted by molar-refractivity contribution is -0.134. The van der Waals surface area contributed by atoms with E-state index >= 15 is 0 Å². The van der Waals surface area contributed by atoms with Gasteiger partial charge in [0.25, 0.3) is 0 Å². The zero-order valence-electron chi connectivity index (χ0n) is 10.6. The van der Waals surface area contributed by atoms with Gasteiger partial charge in [0.1, 0.15) is 0 Å². The van der Waals surface area contributed by atoms with Gasteiger partial charge in [0.2, 0.25) is 5.91 Å². The van der Waals surface area contributed by atoms with Crippen LogP contribution in [0.2, 0.25) is 0 Å². The molecule has 0 aliphatic carbocycles. The second-order valence-corrected chi connectivity index (χ2v) is 4.79. The number of hydrogen-bond acceptors (Lipinski definition) is 2. The van der Waals surface area contributed by atoms with Crippen molar-refractivity contribution in [2.45, 2.75) is 20.4 Å². The minimum atomic E-state index is 0.0847. The fourth-order valence-corrected chi connectivity index (χ4v) is 2.19. The van der Waals surface area contributed by atoms with Crippen molar-refractivity contribution in [2.75, 3.05) is 19.6 Å². The molecule has 1 aromatic rings. The van der Waals surface area contributed by atoms with Crippen LogP contribution in [0.5, 0.6) is 0 Å². The maximum Gasteiger partial charge on any atom is 0.227 e. The van der Waals surface area contributed by atoms with E-state index in [1.807, 2.05) is 24.0 Å². The second-order valence-electron chi connectivity index (χ2n) is 4.79. The van der Waals surface area contributed by atoms with E-state index in [0.717, 1.165) is 26.2 Å². The molecule has 1 fully saturated rings. The third-order valence-electron chi connectivity index (χ3n) is 3.36. The third-order valence-corrected chi connectivity index (χ3v) is 3.36. The number of carbonyl (C=O) groups is 1. The average Bonchev–Trinajstić information content (AvgIpc) is 2.47. The van der Waals surface area contributed by atoms with Crippen molar-refractivity contribution in [3.63, 3.8) is 0 Å². The fourth-order valence-electron chi connectivity index (χ4n) is 2.19. The van der Waals surface area contributed by atoms with Gasteiger partial charge in [0.15, 0.2) is 0 Å². The van der Waals surface area contributed by atoms with Crippen LogP contribution in [0.3, 0.4) is 0 Å². The van der Waals surface area contributed by atoms with Gasteiger partial charge >= 0.3 is 0 Å². The van der Waals surface area contributed by atoms with Crippen LogP contribution in [-0.2, 0) is 11.3 Å². The Balaban J connectivity index is 2.12. The zero-order valence-corrected chi connectivity index (χ0v) is 10.6. The van der Waals surface area contributed by atoms with Crippen molar-refractivity contribution in [1.29, 1.82) is 0 Å². The molecule has 3 nitrogen and oxygen atoms in total. The number of nitrogens with zero attached hydrogens (tertiary/aromatic N) is 1. The molecule has 0 spiro atoms. The van der Waals surface area contributed by atoms with Crippen LogP contribution < -0.4 is 5.32 Å². The minimum absolute atomic E-state index is 0.0847. The number of rotatable bonds is 2. The van der Waals surface area contributed by atoms with Gasteiger partial charge in [-0.15, -0.1) is 0 Å². The van der Waals surface area contributed by atoms with Crippen molar-refractivity contribution >= 4 is 5.91 Å². The highest BCUT2D eigenvalue weighted by Crippen LogP contribution is 2.13. The van der Waals surface area contributed by atoms with Crippen LogP contribution in [0.25, 0.3) is 0 Å². The first-order valence-corrected chi connectivity index (χ1v) is 6.22. The number of amides is 1. The summed E-state index contributed by atoms with van der Waals surface area (Å²) in [5.41, 5.74) is 2.50. The van der Waals surface area contributed by atoms with E-state index in [1.165, 1.54) is 11.1 Å².